The molecule has 0 spiro atoms. The minimum absolute atomic E-state index is 0.174. The van der Waals surface area contributed by atoms with E-state index in [1.807, 2.05) is 32.0 Å². The molecule has 2 aromatic rings. The molecule has 31 heavy (non-hydrogen) atoms. The van der Waals surface area contributed by atoms with Gasteiger partial charge in [0.15, 0.2) is 6.61 Å². The Morgan fingerprint density at radius 3 is 2.58 bits per heavy atom. The van der Waals surface area contributed by atoms with Crippen LogP contribution in [0.1, 0.15) is 43.4 Å². The topological polar surface area (TPSA) is 58.6 Å². The summed E-state index contributed by atoms with van der Waals surface area (Å²) in [6, 6.07) is 10.1. The van der Waals surface area contributed by atoms with Crippen molar-refractivity contribution in [2.24, 2.45) is 0 Å². The number of halogens is 2. The highest BCUT2D eigenvalue weighted by Gasteiger charge is 2.27. The van der Waals surface area contributed by atoms with E-state index in [9.17, 15) is 9.59 Å². The van der Waals surface area contributed by atoms with Crippen molar-refractivity contribution in [2.75, 3.05) is 13.2 Å². The SMILES string of the molecule is CCCCNC(=O)[C@H](C)N(Cc1ccc(Cl)cc1Cl)C(=O)COc1cccc(C)c1C. The first kappa shape index (κ1) is 25.0. The summed E-state index contributed by atoms with van der Waals surface area (Å²) in [5.74, 6) is 0.140. The number of rotatable bonds is 10. The molecule has 2 amide bonds. The van der Waals surface area contributed by atoms with Gasteiger partial charge in [0.2, 0.25) is 5.91 Å². The van der Waals surface area contributed by atoms with Crippen molar-refractivity contribution in [3.63, 3.8) is 0 Å². The molecule has 0 heterocycles. The van der Waals surface area contributed by atoms with E-state index in [0.29, 0.717) is 27.9 Å². The number of benzene rings is 2. The highest BCUT2D eigenvalue weighted by molar-refractivity contribution is 6.35. The van der Waals surface area contributed by atoms with Crippen LogP contribution < -0.4 is 10.1 Å². The molecule has 5 nitrogen and oxygen atoms in total. The maximum atomic E-state index is 13.1. The van der Waals surface area contributed by atoms with Crippen LogP contribution >= 0.6 is 23.2 Å². The summed E-state index contributed by atoms with van der Waals surface area (Å²) in [6.45, 7) is 8.27. The van der Waals surface area contributed by atoms with E-state index < -0.39 is 6.04 Å². The summed E-state index contributed by atoms with van der Waals surface area (Å²) in [4.78, 5) is 27.3. The van der Waals surface area contributed by atoms with E-state index in [-0.39, 0.29) is 25.0 Å². The van der Waals surface area contributed by atoms with Gasteiger partial charge in [-0.1, -0.05) is 54.7 Å². The Morgan fingerprint density at radius 2 is 1.90 bits per heavy atom. The number of nitrogens with zero attached hydrogens (tertiary/aromatic N) is 1. The first-order valence-electron chi connectivity index (χ1n) is 10.4. The molecule has 0 saturated heterocycles. The zero-order chi connectivity index (χ0) is 23.0. The fourth-order valence-electron chi connectivity index (χ4n) is 3.06. The van der Waals surface area contributed by atoms with E-state index in [1.54, 1.807) is 25.1 Å². The van der Waals surface area contributed by atoms with Gasteiger partial charge >= 0.3 is 0 Å². The van der Waals surface area contributed by atoms with E-state index in [0.717, 1.165) is 24.0 Å². The number of ether oxygens (including phenoxy) is 1. The minimum atomic E-state index is -0.682. The molecule has 0 aromatic heterocycles. The minimum Gasteiger partial charge on any atom is -0.483 e. The van der Waals surface area contributed by atoms with Crippen LogP contribution in [0.2, 0.25) is 10.0 Å². The maximum Gasteiger partial charge on any atom is 0.261 e. The molecule has 0 unspecified atom stereocenters. The number of carbonyl (C=O) groups excluding carboxylic acids is 2. The highest BCUT2D eigenvalue weighted by Crippen LogP contribution is 2.24. The van der Waals surface area contributed by atoms with Gasteiger partial charge in [-0.05, 0) is 62.1 Å². The maximum absolute atomic E-state index is 13.1. The van der Waals surface area contributed by atoms with Gasteiger partial charge in [0.1, 0.15) is 11.8 Å². The van der Waals surface area contributed by atoms with Crippen LogP contribution in [0.4, 0.5) is 0 Å². The zero-order valence-electron chi connectivity index (χ0n) is 18.5. The zero-order valence-corrected chi connectivity index (χ0v) is 20.0. The predicted molar refractivity (Wildman–Crippen MR) is 126 cm³/mol. The van der Waals surface area contributed by atoms with Crippen molar-refractivity contribution in [3.8, 4) is 5.75 Å². The molecule has 0 bridgehead atoms. The first-order chi connectivity index (χ1) is 14.7. The number of aryl methyl sites for hydroxylation is 1. The lowest BCUT2D eigenvalue weighted by atomic mass is 10.1. The third-order valence-corrected chi connectivity index (χ3v) is 5.85. The number of nitrogens with one attached hydrogen (secondary N) is 1. The van der Waals surface area contributed by atoms with Crippen LogP contribution in [0.3, 0.4) is 0 Å². The number of hydrogen-bond donors (Lipinski definition) is 1. The van der Waals surface area contributed by atoms with Gasteiger partial charge in [-0.2, -0.15) is 0 Å². The van der Waals surface area contributed by atoms with Gasteiger partial charge < -0.3 is 15.0 Å². The Labute approximate surface area is 194 Å². The van der Waals surface area contributed by atoms with E-state index in [2.05, 4.69) is 12.2 Å². The third kappa shape index (κ3) is 7.15. The third-order valence-electron chi connectivity index (χ3n) is 5.26. The van der Waals surface area contributed by atoms with Crippen molar-refractivity contribution in [1.29, 1.82) is 0 Å². The smallest absolute Gasteiger partial charge is 0.261 e. The second kappa shape index (κ2) is 12.0. The van der Waals surface area contributed by atoms with Crippen LogP contribution in [0.5, 0.6) is 5.75 Å². The molecule has 0 saturated carbocycles. The Morgan fingerprint density at radius 1 is 1.16 bits per heavy atom. The van der Waals surface area contributed by atoms with Crippen LogP contribution in [-0.4, -0.2) is 35.9 Å². The van der Waals surface area contributed by atoms with Gasteiger partial charge in [0.25, 0.3) is 5.91 Å². The molecular formula is C24H30Cl2N2O3. The molecule has 0 aliphatic rings. The van der Waals surface area contributed by atoms with Crippen LogP contribution in [0.25, 0.3) is 0 Å². The molecule has 2 aromatic carbocycles. The molecule has 0 radical (unpaired) electrons. The summed E-state index contributed by atoms with van der Waals surface area (Å²) < 4.78 is 5.80. The molecule has 0 aliphatic carbocycles. The molecule has 1 atom stereocenters. The quantitative estimate of drug-likeness (QED) is 0.483. The van der Waals surface area contributed by atoms with Gasteiger partial charge in [-0.25, -0.2) is 0 Å². The average Bonchev–Trinajstić information content (AvgIpc) is 2.73. The highest BCUT2D eigenvalue weighted by atomic mass is 35.5. The number of hydrogen-bond acceptors (Lipinski definition) is 3. The van der Waals surface area contributed by atoms with Crippen molar-refractivity contribution < 1.29 is 14.3 Å². The van der Waals surface area contributed by atoms with Gasteiger partial charge in [0.05, 0.1) is 0 Å². The molecular weight excluding hydrogens is 435 g/mol. The van der Waals surface area contributed by atoms with Crippen LogP contribution in [-0.2, 0) is 16.1 Å². The molecule has 7 heteroatoms. The molecule has 1 N–H and O–H groups in total. The molecule has 2 rings (SSSR count). The van der Waals surface area contributed by atoms with Crippen LogP contribution in [0.15, 0.2) is 36.4 Å². The summed E-state index contributed by atoms with van der Waals surface area (Å²) in [5.41, 5.74) is 2.77. The standard InChI is InChI=1S/C24H30Cl2N2O3/c1-5-6-12-27-24(30)18(4)28(14-19-10-11-20(25)13-21(19)26)23(29)15-31-22-9-7-8-16(2)17(22)3/h7-11,13,18H,5-6,12,14-15H2,1-4H3,(H,27,30)/t18-/m0/s1. The number of amides is 2. The number of unbranched alkanes of at least 4 members (excludes halogenated alkanes) is 1. The summed E-state index contributed by atoms with van der Waals surface area (Å²) in [6.07, 6.45) is 1.85. The predicted octanol–water partition coefficient (Wildman–Crippen LogP) is 5.32. The van der Waals surface area contributed by atoms with Crippen molar-refractivity contribution >= 4 is 35.0 Å². The Kier molecular flexibility index (Phi) is 9.66. The van der Waals surface area contributed by atoms with Crippen molar-refractivity contribution in [2.45, 2.75) is 53.1 Å². The Balaban J connectivity index is 2.19. The lowest BCUT2D eigenvalue weighted by Gasteiger charge is -2.29. The molecule has 0 fully saturated rings. The fourth-order valence-corrected chi connectivity index (χ4v) is 3.52. The fraction of sp³-hybridized carbons (Fsp3) is 0.417. The van der Waals surface area contributed by atoms with Crippen LogP contribution in [0, 0.1) is 13.8 Å². The Bertz CT molecular complexity index is 918. The van der Waals surface area contributed by atoms with Crippen molar-refractivity contribution in [1.82, 2.24) is 10.2 Å². The van der Waals surface area contributed by atoms with E-state index in [1.165, 1.54) is 4.90 Å². The van der Waals surface area contributed by atoms with E-state index >= 15 is 0 Å². The van der Waals surface area contributed by atoms with Gasteiger partial charge in [0, 0.05) is 23.1 Å². The second-order valence-corrected chi connectivity index (χ2v) is 8.41. The Hall–Kier alpha value is -2.24. The normalized spacial score (nSPS) is 11.7. The lowest BCUT2D eigenvalue weighted by Crippen LogP contribution is -2.49. The molecule has 0 aliphatic heterocycles. The van der Waals surface area contributed by atoms with Crippen molar-refractivity contribution in [3.05, 3.63) is 63.1 Å². The first-order valence-corrected chi connectivity index (χ1v) is 11.2. The van der Waals surface area contributed by atoms with Gasteiger partial charge in [-0.3, -0.25) is 9.59 Å². The molecule has 168 valence electrons. The van der Waals surface area contributed by atoms with Gasteiger partial charge in [-0.15, -0.1) is 0 Å². The summed E-state index contributed by atoms with van der Waals surface area (Å²) >= 11 is 12.3. The largest absolute Gasteiger partial charge is 0.483 e. The van der Waals surface area contributed by atoms with E-state index in [4.69, 9.17) is 27.9 Å². The number of carbonyl (C=O) groups is 2. The monoisotopic (exact) mass is 464 g/mol. The second-order valence-electron chi connectivity index (χ2n) is 7.56. The lowest BCUT2D eigenvalue weighted by molar-refractivity contribution is -0.142. The average molecular weight is 465 g/mol. The summed E-state index contributed by atoms with van der Waals surface area (Å²) in [5, 5.41) is 3.84. The summed E-state index contributed by atoms with van der Waals surface area (Å²) in [7, 11) is 0.